The van der Waals surface area contributed by atoms with Crippen LogP contribution in [0, 0.1) is 0 Å². The Morgan fingerprint density at radius 1 is 1.32 bits per heavy atom. The topological polar surface area (TPSA) is 60.2 Å². The molecule has 0 amide bonds. The highest BCUT2D eigenvalue weighted by molar-refractivity contribution is 9.11. The summed E-state index contributed by atoms with van der Waals surface area (Å²) in [5.41, 5.74) is 4.51. The fourth-order valence-corrected chi connectivity index (χ4v) is 2.70. The second kappa shape index (κ2) is 6.47. The number of benzene rings is 1. The predicted molar refractivity (Wildman–Crippen MR) is 81.8 cm³/mol. The van der Waals surface area contributed by atoms with Crippen LogP contribution in [0.2, 0.25) is 0 Å². The van der Waals surface area contributed by atoms with Gasteiger partial charge in [0.25, 0.3) is 0 Å². The van der Waals surface area contributed by atoms with Gasteiger partial charge in [0.2, 0.25) is 0 Å². The van der Waals surface area contributed by atoms with Crippen molar-refractivity contribution in [1.82, 2.24) is 10.4 Å². The van der Waals surface area contributed by atoms with Crippen molar-refractivity contribution in [3.8, 4) is 5.75 Å². The zero-order valence-electron chi connectivity index (χ0n) is 10.2. The SMILES string of the molecule is COc1cccnc1C(NN)c1cc(Br)ccc1Br. The summed E-state index contributed by atoms with van der Waals surface area (Å²) < 4.78 is 7.26. The largest absolute Gasteiger partial charge is 0.495 e. The molecule has 1 atom stereocenters. The first-order valence-electron chi connectivity index (χ1n) is 5.57. The summed E-state index contributed by atoms with van der Waals surface area (Å²) in [6.45, 7) is 0. The van der Waals surface area contributed by atoms with E-state index in [-0.39, 0.29) is 6.04 Å². The molecule has 0 aliphatic heterocycles. The fourth-order valence-electron chi connectivity index (χ4n) is 1.84. The molecule has 1 aromatic carbocycles. The van der Waals surface area contributed by atoms with Gasteiger partial charge >= 0.3 is 0 Å². The number of hydrazine groups is 1. The van der Waals surface area contributed by atoms with E-state index in [1.165, 1.54) is 0 Å². The van der Waals surface area contributed by atoms with Crippen molar-refractivity contribution >= 4 is 31.9 Å². The Hall–Kier alpha value is -0.950. The highest BCUT2D eigenvalue weighted by atomic mass is 79.9. The van der Waals surface area contributed by atoms with E-state index in [1.807, 2.05) is 30.3 Å². The number of rotatable bonds is 4. The standard InChI is InChI=1S/C13H13Br2N3O/c1-19-11-3-2-6-17-13(11)12(18-16)9-7-8(14)4-5-10(9)15/h2-7,12,18H,16H2,1H3. The molecule has 3 N–H and O–H groups in total. The molecule has 0 spiro atoms. The number of hydrogen-bond donors (Lipinski definition) is 2. The maximum Gasteiger partial charge on any atom is 0.142 e. The van der Waals surface area contributed by atoms with E-state index in [9.17, 15) is 0 Å². The zero-order valence-corrected chi connectivity index (χ0v) is 13.4. The first-order chi connectivity index (χ1) is 9.17. The Morgan fingerprint density at radius 2 is 2.11 bits per heavy atom. The van der Waals surface area contributed by atoms with Crippen LogP contribution in [0.5, 0.6) is 5.75 Å². The zero-order chi connectivity index (χ0) is 13.8. The molecule has 100 valence electrons. The van der Waals surface area contributed by atoms with E-state index in [2.05, 4.69) is 42.3 Å². The normalized spacial score (nSPS) is 12.2. The Morgan fingerprint density at radius 3 is 2.79 bits per heavy atom. The van der Waals surface area contributed by atoms with Gasteiger partial charge in [-0.15, -0.1) is 0 Å². The first kappa shape index (κ1) is 14.5. The van der Waals surface area contributed by atoms with Gasteiger partial charge in [-0.3, -0.25) is 10.8 Å². The number of pyridine rings is 1. The quantitative estimate of drug-likeness (QED) is 0.625. The average molecular weight is 387 g/mol. The number of nitrogens with two attached hydrogens (primary N) is 1. The smallest absolute Gasteiger partial charge is 0.142 e. The lowest BCUT2D eigenvalue weighted by molar-refractivity contribution is 0.400. The summed E-state index contributed by atoms with van der Waals surface area (Å²) in [6, 6.07) is 9.33. The molecule has 0 saturated heterocycles. The van der Waals surface area contributed by atoms with Gasteiger partial charge in [-0.25, -0.2) is 5.43 Å². The van der Waals surface area contributed by atoms with E-state index in [4.69, 9.17) is 10.6 Å². The molecule has 2 aromatic rings. The number of nitrogens with zero attached hydrogens (tertiary/aromatic N) is 1. The molecule has 0 aliphatic rings. The van der Waals surface area contributed by atoms with Crippen LogP contribution < -0.4 is 16.0 Å². The highest BCUT2D eigenvalue weighted by Gasteiger charge is 2.20. The minimum atomic E-state index is -0.261. The number of hydrogen-bond acceptors (Lipinski definition) is 4. The van der Waals surface area contributed by atoms with Crippen molar-refractivity contribution in [2.45, 2.75) is 6.04 Å². The minimum absolute atomic E-state index is 0.261. The summed E-state index contributed by atoms with van der Waals surface area (Å²) >= 11 is 6.99. The maximum absolute atomic E-state index is 5.70. The van der Waals surface area contributed by atoms with E-state index in [0.29, 0.717) is 5.75 Å². The monoisotopic (exact) mass is 385 g/mol. The summed E-state index contributed by atoms with van der Waals surface area (Å²) in [5, 5.41) is 0. The Kier molecular flexibility index (Phi) is 4.93. The van der Waals surface area contributed by atoms with Crippen molar-refractivity contribution in [2.24, 2.45) is 5.84 Å². The lowest BCUT2D eigenvalue weighted by Gasteiger charge is -2.19. The lowest BCUT2D eigenvalue weighted by atomic mass is 10.0. The van der Waals surface area contributed by atoms with Gasteiger partial charge in [0, 0.05) is 15.1 Å². The number of ether oxygens (including phenoxy) is 1. The minimum Gasteiger partial charge on any atom is -0.495 e. The van der Waals surface area contributed by atoms with Crippen LogP contribution in [-0.2, 0) is 0 Å². The third kappa shape index (κ3) is 3.14. The van der Waals surface area contributed by atoms with Gasteiger partial charge in [-0.1, -0.05) is 31.9 Å². The van der Waals surface area contributed by atoms with Crippen molar-refractivity contribution < 1.29 is 4.74 Å². The molecular weight excluding hydrogens is 374 g/mol. The van der Waals surface area contributed by atoms with E-state index in [1.54, 1.807) is 13.3 Å². The second-order valence-electron chi connectivity index (χ2n) is 3.86. The van der Waals surface area contributed by atoms with Crippen molar-refractivity contribution in [3.05, 3.63) is 56.7 Å². The van der Waals surface area contributed by atoms with Crippen molar-refractivity contribution in [2.75, 3.05) is 7.11 Å². The van der Waals surface area contributed by atoms with Crippen molar-refractivity contribution in [3.63, 3.8) is 0 Å². The third-order valence-electron chi connectivity index (χ3n) is 2.73. The van der Waals surface area contributed by atoms with Crippen LogP contribution in [0.1, 0.15) is 17.3 Å². The molecule has 1 heterocycles. The fraction of sp³-hybridized carbons (Fsp3) is 0.154. The van der Waals surface area contributed by atoms with Gasteiger partial charge in [-0.05, 0) is 35.9 Å². The average Bonchev–Trinajstić information content (AvgIpc) is 2.44. The molecule has 0 radical (unpaired) electrons. The molecule has 0 aliphatic carbocycles. The van der Waals surface area contributed by atoms with Crippen LogP contribution >= 0.6 is 31.9 Å². The number of halogens is 2. The molecule has 0 fully saturated rings. The predicted octanol–water partition coefficient (Wildman–Crippen LogP) is 3.17. The van der Waals surface area contributed by atoms with Gasteiger partial charge in [-0.2, -0.15) is 0 Å². The van der Waals surface area contributed by atoms with Crippen LogP contribution in [-0.4, -0.2) is 12.1 Å². The van der Waals surface area contributed by atoms with Gasteiger partial charge in [0.15, 0.2) is 0 Å². The lowest BCUT2D eigenvalue weighted by Crippen LogP contribution is -2.30. The molecule has 19 heavy (non-hydrogen) atoms. The Bertz CT molecular complexity index is 578. The maximum atomic E-state index is 5.70. The summed E-state index contributed by atoms with van der Waals surface area (Å²) in [4.78, 5) is 4.36. The van der Waals surface area contributed by atoms with E-state index in [0.717, 1.165) is 20.2 Å². The molecular formula is C13H13Br2N3O. The molecule has 4 nitrogen and oxygen atoms in total. The molecule has 0 saturated carbocycles. The number of methoxy groups -OCH3 is 1. The summed E-state index contributed by atoms with van der Waals surface area (Å²) in [7, 11) is 1.62. The summed E-state index contributed by atoms with van der Waals surface area (Å²) in [6.07, 6.45) is 1.72. The number of nitrogens with one attached hydrogen (secondary N) is 1. The van der Waals surface area contributed by atoms with Crippen LogP contribution in [0.4, 0.5) is 0 Å². The molecule has 6 heteroatoms. The van der Waals surface area contributed by atoms with Gasteiger partial charge < -0.3 is 4.74 Å². The van der Waals surface area contributed by atoms with Crippen LogP contribution in [0.15, 0.2) is 45.5 Å². The van der Waals surface area contributed by atoms with Gasteiger partial charge in [0.1, 0.15) is 11.4 Å². The second-order valence-corrected chi connectivity index (χ2v) is 5.63. The first-order valence-corrected chi connectivity index (χ1v) is 7.16. The Labute approximate surface area is 128 Å². The van der Waals surface area contributed by atoms with E-state index < -0.39 is 0 Å². The van der Waals surface area contributed by atoms with Gasteiger partial charge in [0.05, 0.1) is 13.2 Å². The molecule has 1 unspecified atom stereocenters. The van der Waals surface area contributed by atoms with Crippen LogP contribution in [0.25, 0.3) is 0 Å². The number of aromatic nitrogens is 1. The third-order valence-corrected chi connectivity index (χ3v) is 3.94. The Balaban J connectivity index is 2.53. The highest BCUT2D eigenvalue weighted by Crippen LogP contribution is 2.33. The molecule has 2 rings (SSSR count). The van der Waals surface area contributed by atoms with E-state index >= 15 is 0 Å². The summed E-state index contributed by atoms with van der Waals surface area (Å²) in [5.74, 6) is 6.39. The van der Waals surface area contributed by atoms with Crippen molar-refractivity contribution in [1.29, 1.82) is 0 Å². The van der Waals surface area contributed by atoms with Crippen LogP contribution in [0.3, 0.4) is 0 Å². The molecule has 0 bridgehead atoms. The molecule has 1 aromatic heterocycles.